The van der Waals surface area contributed by atoms with Crippen molar-refractivity contribution >= 4 is 21.7 Å². The van der Waals surface area contributed by atoms with Crippen molar-refractivity contribution in [3.8, 4) is 0 Å². The predicted octanol–water partition coefficient (Wildman–Crippen LogP) is 1.10. The summed E-state index contributed by atoms with van der Waals surface area (Å²) in [4.78, 5) is 6.61. The number of aryl methyl sites for hydroxylation is 1. The minimum Gasteiger partial charge on any atom is -0.399 e. The first-order valence-corrected chi connectivity index (χ1v) is 6.36. The Hall–Kier alpha value is -2.02. The van der Waals surface area contributed by atoms with Gasteiger partial charge in [-0.15, -0.1) is 0 Å². The maximum Gasteiger partial charge on any atom is 0.264 e. The van der Waals surface area contributed by atoms with Gasteiger partial charge < -0.3 is 10.7 Å². The van der Waals surface area contributed by atoms with Crippen LogP contribution in [0.1, 0.15) is 5.56 Å². The lowest BCUT2D eigenvalue weighted by Crippen LogP contribution is -2.14. The van der Waals surface area contributed by atoms with Crippen molar-refractivity contribution in [2.45, 2.75) is 11.8 Å². The van der Waals surface area contributed by atoms with Gasteiger partial charge in [-0.2, -0.15) is 0 Å². The molecule has 4 N–H and O–H groups in total. The fourth-order valence-electron chi connectivity index (χ4n) is 1.32. The van der Waals surface area contributed by atoms with Crippen LogP contribution in [0.5, 0.6) is 0 Å². The van der Waals surface area contributed by atoms with E-state index in [2.05, 4.69) is 14.7 Å². The smallest absolute Gasteiger partial charge is 0.264 e. The molecule has 0 aliphatic carbocycles. The number of anilines is 2. The van der Waals surface area contributed by atoms with E-state index < -0.39 is 10.0 Å². The summed E-state index contributed by atoms with van der Waals surface area (Å²) >= 11 is 0. The maximum absolute atomic E-state index is 12.0. The van der Waals surface area contributed by atoms with E-state index in [1.165, 1.54) is 24.5 Å². The molecule has 0 saturated carbocycles. The van der Waals surface area contributed by atoms with Crippen LogP contribution in [0.25, 0.3) is 0 Å². The Morgan fingerprint density at radius 1 is 1.41 bits per heavy atom. The maximum atomic E-state index is 12.0. The highest BCUT2D eigenvalue weighted by Crippen LogP contribution is 2.18. The number of aromatic nitrogens is 2. The summed E-state index contributed by atoms with van der Waals surface area (Å²) in [5.41, 5.74) is 6.91. The first-order valence-electron chi connectivity index (χ1n) is 4.87. The van der Waals surface area contributed by atoms with Gasteiger partial charge in [-0.3, -0.25) is 0 Å². The Bertz CT molecular complexity index is 620. The molecule has 0 aliphatic rings. The molecule has 2 rings (SSSR count). The molecule has 0 unspecified atom stereocenters. The van der Waals surface area contributed by atoms with Crippen LogP contribution < -0.4 is 10.5 Å². The lowest BCUT2D eigenvalue weighted by Gasteiger charge is -2.07. The second-order valence-corrected chi connectivity index (χ2v) is 5.24. The summed E-state index contributed by atoms with van der Waals surface area (Å²) in [6.45, 7) is 1.75. The number of sulfonamides is 1. The number of rotatable bonds is 3. The van der Waals surface area contributed by atoms with E-state index in [4.69, 9.17) is 5.73 Å². The quantitative estimate of drug-likeness (QED) is 0.712. The standard InChI is InChI=1S/C10H12N4O2S/c1-7-6-8(2-3-9(7)11)17(15,16)14-10-12-4-5-13-10/h2-6H,11H2,1H3,(H2,12,13,14). The number of nitrogens with two attached hydrogens (primary N) is 1. The van der Waals surface area contributed by atoms with Crippen LogP contribution in [-0.2, 0) is 10.0 Å². The van der Waals surface area contributed by atoms with E-state index in [9.17, 15) is 8.42 Å². The molecule has 1 heterocycles. The minimum absolute atomic E-state index is 0.153. The second kappa shape index (κ2) is 4.10. The zero-order valence-corrected chi connectivity index (χ0v) is 9.95. The molecule has 0 saturated heterocycles. The van der Waals surface area contributed by atoms with Gasteiger partial charge >= 0.3 is 0 Å². The van der Waals surface area contributed by atoms with Gasteiger partial charge in [0.15, 0.2) is 0 Å². The van der Waals surface area contributed by atoms with E-state index in [0.717, 1.165) is 0 Å². The van der Waals surface area contributed by atoms with Gasteiger partial charge in [0.25, 0.3) is 10.0 Å². The molecule has 1 aromatic carbocycles. The Kier molecular flexibility index (Phi) is 2.76. The van der Waals surface area contributed by atoms with E-state index in [0.29, 0.717) is 11.3 Å². The average molecular weight is 252 g/mol. The number of hydrogen-bond acceptors (Lipinski definition) is 4. The monoisotopic (exact) mass is 252 g/mol. The Morgan fingerprint density at radius 3 is 2.76 bits per heavy atom. The molecule has 2 aromatic rings. The van der Waals surface area contributed by atoms with Crippen molar-refractivity contribution in [1.82, 2.24) is 9.97 Å². The summed E-state index contributed by atoms with van der Waals surface area (Å²) < 4.78 is 26.2. The van der Waals surface area contributed by atoms with Gasteiger partial charge in [-0.25, -0.2) is 18.1 Å². The van der Waals surface area contributed by atoms with Gasteiger partial charge in [-0.05, 0) is 30.7 Å². The fourth-order valence-corrected chi connectivity index (χ4v) is 2.39. The zero-order valence-electron chi connectivity index (χ0n) is 9.14. The van der Waals surface area contributed by atoms with E-state index in [1.54, 1.807) is 13.0 Å². The highest BCUT2D eigenvalue weighted by molar-refractivity contribution is 7.92. The van der Waals surface area contributed by atoms with E-state index in [1.807, 2.05) is 0 Å². The number of aromatic amines is 1. The van der Waals surface area contributed by atoms with Crippen LogP contribution in [0.15, 0.2) is 35.5 Å². The molecule has 17 heavy (non-hydrogen) atoms. The van der Waals surface area contributed by atoms with Crippen molar-refractivity contribution in [1.29, 1.82) is 0 Å². The van der Waals surface area contributed by atoms with Gasteiger partial charge in [0.1, 0.15) is 0 Å². The summed E-state index contributed by atoms with van der Waals surface area (Å²) in [5.74, 6) is 0.180. The van der Waals surface area contributed by atoms with Crippen molar-refractivity contribution < 1.29 is 8.42 Å². The molecular weight excluding hydrogens is 240 g/mol. The van der Waals surface area contributed by atoms with Gasteiger partial charge in [-0.1, -0.05) is 0 Å². The normalized spacial score (nSPS) is 11.4. The van der Waals surface area contributed by atoms with Crippen molar-refractivity contribution in [2.75, 3.05) is 10.5 Å². The lowest BCUT2D eigenvalue weighted by atomic mass is 10.2. The molecule has 90 valence electrons. The fraction of sp³-hybridized carbons (Fsp3) is 0.100. The number of hydrogen-bond donors (Lipinski definition) is 3. The van der Waals surface area contributed by atoms with Crippen LogP contribution >= 0.6 is 0 Å². The van der Waals surface area contributed by atoms with Gasteiger partial charge in [0.2, 0.25) is 5.95 Å². The van der Waals surface area contributed by atoms with Crippen LogP contribution in [0.3, 0.4) is 0 Å². The summed E-state index contributed by atoms with van der Waals surface area (Å²) in [5, 5.41) is 0. The van der Waals surface area contributed by atoms with E-state index >= 15 is 0 Å². The summed E-state index contributed by atoms with van der Waals surface area (Å²) in [6, 6.07) is 4.53. The summed E-state index contributed by atoms with van der Waals surface area (Å²) in [7, 11) is -3.62. The molecule has 0 bridgehead atoms. The topological polar surface area (TPSA) is 101 Å². The van der Waals surface area contributed by atoms with Crippen LogP contribution in [0.2, 0.25) is 0 Å². The number of imidazole rings is 1. The van der Waals surface area contributed by atoms with Crippen molar-refractivity contribution in [3.63, 3.8) is 0 Å². The largest absolute Gasteiger partial charge is 0.399 e. The number of nitrogen functional groups attached to an aromatic ring is 1. The molecule has 0 fully saturated rings. The first kappa shape index (κ1) is 11.5. The third-order valence-corrected chi connectivity index (χ3v) is 3.62. The van der Waals surface area contributed by atoms with Gasteiger partial charge in [0, 0.05) is 18.1 Å². The summed E-state index contributed by atoms with van der Waals surface area (Å²) in [6.07, 6.45) is 3.00. The molecule has 0 spiro atoms. The molecule has 0 aliphatic heterocycles. The second-order valence-electron chi connectivity index (χ2n) is 3.56. The molecule has 1 aromatic heterocycles. The molecular formula is C10H12N4O2S. The van der Waals surface area contributed by atoms with Crippen LogP contribution in [0, 0.1) is 6.92 Å². The van der Waals surface area contributed by atoms with Crippen molar-refractivity contribution in [2.24, 2.45) is 0 Å². The Labute approximate surface area is 98.9 Å². The first-order chi connectivity index (χ1) is 7.99. The lowest BCUT2D eigenvalue weighted by molar-refractivity contribution is 0.601. The third-order valence-electron chi connectivity index (χ3n) is 2.28. The van der Waals surface area contributed by atoms with Gasteiger partial charge in [0.05, 0.1) is 4.90 Å². The molecule has 0 atom stereocenters. The Balaban J connectivity index is 2.35. The minimum atomic E-state index is -3.62. The number of benzene rings is 1. The van der Waals surface area contributed by atoms with Crippen LogP contribution in [-0.4, -0.2) is 18.4 Å². The average Bonchev–Trinajstić information content (AvgIpc) is 2.73. The van der Waals surface area contributed by atoms with Crippen LogP contribution in [0.4, 0.5) is 11.6 Å². The zero-order chi connectivity index (χ0) is 12.5. The predicted molar refractivity (Wildman–Crippen MR) is 65.0 cm³/mol. The SMILES string of the molecule is Cc1cc(S(=O)(=O)Nc2ncc[nH]2)ccc1N. The molecule has 0 amide bonds. The van der Waals surface area contributed by atoms with Crippen molar-refractivity contribution in [3.05, 3.63) is 36.2 Å². The third kappa shape index (κ3) is 2.39. The molecule has 0 radical (unpaired) electrons. The highest BCUT2D eigenvalue weighted by Gasteiger charge is 2.15. The van der Waals surface area contributed by atoms with E-state index in [-0.39, 0.29) is 10.8 Å². The Morgan fingerprint density at radius 2 is 2.18 bits per heavy atom. The number of H-pyrrole nitrogens is 1. The molecule has 7 heteroatoms. The number of nitrogens with zero attached hydrogens (tertiary/aromatic N) is 1. The molecule has 6 nitrogen and oxygen atoms in total. The number of nitrogens with one attached hydrogen (secondary N) is 2. The highest BCUT2D eigenvalue weighted by atomic mass is 32.2.